The van der Waals surface area contributed by atoms with Crippen molar-refractivity contribution in [2.24, 2.45) is 5.92 Å². The lowest BCUT2D eigenvalue weighted by atomic mass is 10.1. The summed E-state index contributed by atoms with van der Waals surface area (Å²) in [5.74, 6) is 0.510. The molecule has 0 spiro atoms. The van der Waals surface area contributed by atoms with Crippen molar-refractivity contribution >= 4 is 17.6 Å². The van der Waals surface area contributed by atoms with Gasteiger partial charge in [0.2, 0.25) is 11.8 Å². The largest absolute Gasteiger partial charge is 0.339 e. The monoisotopic (exact) mass is 304 g/mol. The van der Waals surface area contributed by atoms with Crippen LogP contribution in [0, 0.1) is 5.92 Å². The SMILES string of the molecule is CC(C)n1nccc1NC(=O)C1CC(=O)N(C2CCCC2)C1. The molecule has 1 aliphatic heterocycles. The Bertz CT molecular complexity index is 560. The number of nitrogens with zero attached hydrogens (tertiary/aromatic N) is 3. The average Bonchev–Trinajstić information content (AvgIpc) is 3.17. The summed E-state index contributed by atoms with van der Waals surface area (Å²) in [4.78, 5) is 26.6. The average molecular weight is 304 g/mol. The van der Waals surface area contributed by atoms with E-state index in [1.165, 1.54) is 12.8 Å². The van der Waals surface area contributed by atoms with Gasteiger partial charge in [-0.1, -0.05) is 12.8 Å². The number of carbonyl (C=O) groups excluding carboxylic acids is 2. The van der Waals surface area contributed by atoms with Crippen molar-refractivity contribution in [2.75, 3.05) is 11.9 Å². The Hall–Kier alpha value is -1.85. The molecule has 6 nitrogen and oxygen atoms in total. The summed E-state index contributed by atoms with van der Waals surface area (Å²) in [6.07, 6.45) is 6.57. The summed E-state index contributed by atoms with van der Waals surface area (Å²) in [7, 11) is 0. The Morgan fingerprint density at radius 3 is 2.77 bits per heavy atom. The molecule has 1 aliphatic carbocycles. The third kappa shape index (κ3) is 2.87. The van der Waals surface area contributed by atoms with Gasteiger partial charge in [-0.3, -0.25) is 9.59 Å². The summed E-state index contributed by atoms with van der Waals surface area (Å²) >= 11 is 0. The molecule has 22 heavy (non-hydrogen) atoms. The smallest absolute Gasteiger partial charge is 0.230 e. The number of hydrogen-bond donors (Lipinski definition) is 1. The second-order valence-corrected chi connectivity index (χ2v) is 6.63. The highest BCUT2D eigenvalue weighted by molar-refractivity contribution is 5.96. The van der Waals surface area contributed by atoms with Crippen LogP contribution in [0.4, 0.5) is 5.82 Å². The van der Waals surface area contributed by atoms with Crippen molar-refractivity contribution in [2.45, 2.75) is 58.0 Å². The molecule has 1 aromatic rings. The molecule has 3 rings (SSSR count). The molecule has 1 aromatic heterocycles. The third-order valence-corrected chi connectivity index (χ3v) is 4.71. The first kappa shape index (κ1) is 15.1. The number of rotatable bonds is 4. The van der Waals surface area contributed by atoms with Crippen molar-refractivity contribution in [1.29, 1.82) is 0 Å². The van der Waals surface area contributed by atoms with Crippen LogP contribution < -0.4 is 5.32 Å². The third-order valence-electron chi connectivity index (χ3n) is 4.71. The molecule has 1 unspecified atom stereocenters. The Kier molecular flexibility index (Phi) is 4.18. The molecule has 1 saturated carbocycles. The van der Waals surface area contributed by atoms with Gasteiger partial charge < -0.3 is 10.2 Å². The van der Waals surface area contributed by atoms with Gasteiger partial charge in [0, 0.05) is 31.1 Å². The minimum atomic E-state index is -0.247. The highest BCUT2D eigenvalue weighted by atomic mass is 16.2. The lowest BCUT2D eigenvalue weighted by molar-refractivity contribution is -0.129. The predicted molar refractivity (Wildman–Crippen MR) is 83.3 cm³/mol. The highest BCUT2D eigenvalue weighted by Crippen LogP contribution is 2.30. The fourth-order valence-electron chi connectivity index (χ4n) is 3.53. The number of anilines is 1. The van der Waals surface area contributed by atoms with Crippen molar-refractivity contribution in [3.8, 4) is 0 Å². The summed E-state index contributed by atoms with van der Waals surface area (Å²) in [5.41, 5.74) is 0. The first-order valence-corrected chi connectivity index (χ1v) is 8.20. The topological polar surface area (TPSA) is 67.2 Å². The number of likely N-dealkylation sites (tertiary alicyclic amines) is 1. The van der Waals surface area contributed by atoms with Gasteiger partial charge in [0.05, 0.1) is 12.1 Å². The number of hydrogen-bond acceptors (Lipinski definition) is 3. The standard InChI is InChI=1S/C16H24N4O2/c1-11(2)20-14(7-8-17-20)18-16(22)12-9-15(21)19(10-12)13-5-3-4-6-13/h7-8,11-13H,3-6,9-10H2,1-2H3,(H,18,22). The molecule has 2 aliphatic rings. The first-order chi connectivity index (χ1) is 10.6. The van der Waals surface area contributed by atoms with E-state index in [2.05, 4.69) is 10.4 Å². The maximum Gasteiger partial charge on any atom is 0.230 e. The van der Waals surface area contributed by atoms with E-state index in [1.807, 2.05) is 18.7 Å². The van der Waals surface area contributed by atoms with Crippen LogP contribution in [0.25, 0.3) is 0 Å². The van der Waals surface area contributed by atoms with Gasteiger partial charge in [0.25, 0.3) is 0 Å². The molecule has 2 fully saturated rings. The molecular weight excluding hydrogens is 280 g/mol. The normalized spacial score (nSPS) is 22.8. The Labute approximate surface area is 130 Å². The second-order valence-electron chi connectivity index (χ2n) is 6.63. The van der Waals surface area contributed by atoms with Crippen LogP contribution in [0.3, 0.4) is 0 Å². The van der Waals surface area contributed by atoms with E-state index < -0.39 is 0 Å². The molecule has 6 heteroatoms. The zero-order valence-corrected chi connectivity index (χ0v) is 13.3. The Balaban J connectivity index is 1.63. The highest BCUT2D eigenvalue weighted by Gasteiger charge is 2.38. The van der Waals surface area contributed by atoms with Gasteiger partial charge >= 0.3 is 0 Å². The predicted octanol–water partition coefficient (Wildman–Crippen LogP) is 2.19. The minimum Gasteiger partial charge on any atom is -0.339 e. The summed E-state index contributed by atoms with van der Waals surface area (Å²) in [5, 5.41) is 7.14. The van der Waals surface area contributed by atoms with Gasteiger partial charge in [0.1, 0.15) is 5.82 Å². The zero-order chi connectivity index (χ0) is 15.7. The van der Waals surface area contributed by atoms with Gasteiger partial charge in [-0.2, -0.15) is 5.10 Å². The number of amides is 2. The number of aromatic nitrogens is 2. The van der Waals surface area contributed by atoms with Gasteiger partial charge in [0.15, 0.2) is 0 Å². The van der Waals surface area contributed by atoms with Gasteiger partial charge in [-0.15, -0.1) is 0 Å². The van der Waals surface area contributed by atoms with Crippen LogP contribution in [-0.2, 0) is 9.59 Å². The van der Waals surface area contributed by atoms with Crippen LogP contribution >= 0.6 is 0 Å². The molecule has 1 saturated heterocycles. The Morgan fingerprint density at radius 1 is 1.36 bits per heavy atom. The summed E-state index contributed by atoms with van der Waals surface area (Å²) < 4.78 is 1.78. The molecule has 2 amide bonds. The van der Waals surface area contributed by atoms with E-state index in [-0.39, 0.29) is 23.8 Å². The van der Waals surface area contributed by atoms with Crippen LogP contribution in [0.2, 0.25) is 0 Å². The van der Waals surface area contributed by atoms with E-state index in [9.17, 15) is 9.59 Å². The van der Waals surface area contributed by atoms with Crippen LogP contribution in [0.1, 0.15) is 52.0 Å². The summed E-state index contributed by atoms with van der Waals surface area (Å²) in [6, 6.07) is 2.33. The lowest BCUT2D eigenvalue weighted by Gasteiger charge is -2.23. The molecule has 0 aromatic carbocycles. The fraction of sp³-hybridized carbons (Fsp3) is 0.688. The maximum absolute atomic E-state index is 12.5. The molecular formula is C16H24N4O2. The van der Waals surface area contributed by atoms with Crippen molar-refractivity contribution in [3.63, 3.8) is 0 Å². The fourth-order valence-corrected chi connectivity index (χ4v) is 3.53. The van der Waals surface area contributed by atoms with E-state index >= 15 is 0 Å². The quantitative estimate of drug-likeness (QED) is 0.927. The van der Waals surface area contributed by atoms with Crippen molar-refractivity contribution < 1.29 is 9.59 Å². The van der Waals surface area contributed by atoms with Crippen LogP contribution in [-0.4, -0.2) is 39.1 Å². The van der Waals surface area contributed by atoms with E-state index in [0.717, 1.165) is 12.8 Å². The van der Waals surface area contributed by atoms with Gasteiger partial charge in [-0.05, 0) is 26.7 Å². The molecule has 2 heterocycles. The van der Waals surface area contributed by atoms with Crippen LogP contribution in [0.5, 0.6) is 0 Å². The Morgan fingerprint density at radius 2 is 2.09 bits per heavy atom. The molecule has 1 atom stereocenters. The molecule has 0 bridgehead atoms. The summed E-state index contributed by atoms with van der Waals surface area (Å²) in [6.45, 7) is 4.60. The van der Waals surface area contributed by atoms with Crippen molar-refractivity contribution in [1.82, 2.24) is 14.7 Å². The first-order valence-electron chi connectivity index (χ1n) is 8.20. The van der Waals surface area contributed by atoms with E-state index in [4.69, 9.17) is 0 Å². The van der Waals surface area contributed by atoms with E-state index in [1.54, 1.807) is 16.9 Å². The van der Waals surface area contributed by atoms with E-state index in [0.29, 0.717) is 24.8 Å². The molecule has 1 N–H and O–H groups in total. The maximum atomic E-state index is 12.5. The number of nitrogens with one attached hydrogen (secondary N) is 1. The van der Waals surface area contributed by atoms with Gasteiger partial charge in [-0.25, -0.2) is 4.68 Å². The minimum absolute atomic E-state index is 0.0729. The molecule has 0 radical (unpaired) electrons. The second kappa shape index (κ2) is 6.10. The van der Waals surface area contributed by atoms with Crippen LogP contribution in [0.15, 0.2) is 12.3 Å². The zero-order valence-electron chi connectivity index (χ0n) is 13.3. The number of carbonyl (C=O) groups is 2. The lowest BCUT2D eigenvalue weighted by Crippen LogP contribution is -2.35. The molecule has 120 valence electrons. The van der Waals surface area contributed by atoms with Crippen molar-refractivity contribution in [3.05, 3.63) is 12.3 Å².